The van der Waals surface area contributed by atoms with Gasteiger partial charge in [0.1, 0.15) is 6.04 Å². The lowest BCUT2D eigenvalue weighted by molar-refractivity contribution is -0.145. The van der Waals surface area contributed by atoms with Gasteiger partial charge in [0, 0.05) is 43.2 Å². The number of fused-ring (bicyclic) bond motifs is 1. The highest BCUT2D eigenvalue weighted by Crippen LogP contribution is 2.39. The lowest BCUT2D eigenvalue weighted by Crippen LogP contribution is -2.50. The Bertz CT molecular complexity index is 1340. The Hall–Kier alpha value is -1.50. The van der Waals surface area contributed by atoms with E-state index in [2.05, 4.69) is 97.5 Å². The molecule has 3 N–H and O–H groups in total. The number of benzene rings is 1. The van der Waals surface area contributed by atoms with Gasteiger partial charge < -0.3 is 24.3 Å². The Kier molecular flexibility index (Phi) is 25.0. The van der Waals surface area contributed by atoms with Crippen LogP contribution in [0.3, 0.4) is 0 Å². The smallest absolute Gasteiger partial charge is 0.323 e. The maximum Gasteiger partial charge on any atom is 0.323 e. The maximum atomic E-state index is 13.2. The number of ether oxygens (including phenoxy) is 1. The molecule has 0 saturated carbocycles. The number of H-pyrrole nitrogens is 1. The van der Waals surface area contributed by atoms with Gasteiger partial charge in [0.2, 0.25) is 0 Å². The summed E-state index contributed by atoms with van der Waals surface area (Å²) in [5.41, 5.74) is 8.53. The van der Waals surface area contributed by atoms with Crippen LogP contribution in [0, 0.1) is 0 Å². The molecule has 1 heterocycles. The van der Waals surface area contributed by atoms with E-state index in [1.54, 1.807) is 0 Å². The molecule has 0 bridgehead atoms. The van der Waals surface area contributed by atoms with Crippen molar-refractivity contribution >= 4 is 33.5 Å². The van der Waals surface area contributed by atoms with Crippen LogP contribution in [0.2, 0.25) is 36.3 Å². The Morgan fingerprint density at radius 3 is 1.58 bits per heavy atom. The van der Waals surface area contributed by atoms with E-state index >= 15 is 0 Å². The number of hydrogen-bond donors (Lipinski definition) is 2. The van der Waals surface area contributed by atoms with Crippen molar-refractivity contribution in [2.45, 2.75) is 238 Å². The van der Waals surface area contributed by atoms with Crippen LogP contribution in [0.1, 0.15) is 183 Å². The first kappa shape index (κ1) is 53.6. The lowest BCUT2D eigenvalue weighted by atomic mass is 10.0. The molecule has 2 aromatic rings. The number of hydrogen-bond acceptors (Lipinski definition) is 6. The zero-order valence-corrected chi connectivity index (χ0v) is 42.7. The number of nitrogens with zero attached hydrogens (tertiary/aromatic N) is 1. The Balaban J connectivity index is 2.23. The molecule has 1 aromatic heterocycles. The van der Waals surface area contributed by atoms with Crippen molar-refractivity contribution in [3.05, 3.63) is 36.0 Å². The summed E-state index contributed by atoms with van der Waals surface area (Å²) in [7, 11) is -4.03. The lowest BCUT2D eigenvalue weighted by Gasteiger charge is -2.42. The van der Waals surface area contributed by atoms with Gasteiger partial charge in [-0.25, -0.2) is 0 Å². The molecule has 0 amide bonds. The highest BCUT2D eigenvalue weighted by atomic mass is 28.4. The van der Waals surface area contributed by atoms with E-state index in [0.29, 0.717) is 13.0 Å². The predicted molar refractivity (Wildman–Crippen MR) is 261 cm³/mol. The Morgan fingerprint density at radius 2 is 1.12 bits per heavy atom. The van der Waals surface area contributed by atoms with E-state index in [1.165, 1.54) is 103 Å². The number of para-hydroxylation sites is 1. The van der Waals surface area contributed by atoms with E-state index < -0.39 is 22.7 Å². The van der Waals surface area contributed by atoms with Crippen molar-refractivity contribution in [1.29, 1.82) is 0 Å². The molecule has 9 heteroatoms. The number of esters is 1. The van der Waals surface area contributed by atoms with Crippen molar-refractivity contribution in [3.8, 4) is 0 Å². The number of unbranched alkanes of at least 4 members (excludes halogenated alkanes) is 14. The SMILES string of the molecule is CCCCCCCCCCC(CN(CCCOC(=O)[C@@H](N)Cc1c[nH]c2ccccc12)CC(CCCCCCCCCC)O[Si](C)(C)C(C)(C)C)O[Si](C)(C)C(C)(C)C. The number of aromatic amines is 1. The van der Waals surface area contributed by atoms with Crippen molar-refractivity contribution in [2.24, 2.45) is 5.73 Å². The van der Waals surface area contributed by atoms with Crippen LogP contribution in [0.15, 0.2) is 30.5 Å². The maximum absolute atomic E-state index is 13.2. The second kappa shape index (κ2) is 27.5. The zero-order valence-electron chi connectivity index (χ0n) is 40.7. The molecule has 0 aliphatic carbocycles. The van der Waals surface area contributed by atoms with Crippen LogP contribution in [-0.4, -0.2) is 77.0 Å². The van der Waals surface area contributed by atoms with E-state index in [4.69, 9.17) is 19.3 Å². The topological polar surface area (TPSA) is 89.8 Å². The third-order valence-electron chi connectivity index (χ3n) is 13.5. The summed E-state index contributed by atoms with van der Waals surface area (Å²) in [6.07, 6.45) is 26.7. The van der Waals surface area contributed by atoms with Gasteiger partial charge in [-0.2, -0.15) is 0 Å². The number of aromatic nitrogens is 1. The summed E-state index contributed by atoms with van der Waals surface area (Å²) in [6.45, 7) is 31.3. The Morgan fingerprint density at radius 1 is 0.678 bits per heavy atom. The monoisotopic (exact) mass is 858 g/mol. The van der Waals surface area contributed by atoms with Gasteiger partial charge in [0.25, 0.3) is 0 Å². The van der Waals surface area contributed by atoms with Crippen LogP contribution >= 0.6 is 0 Å². The number of carbonyl (C=O) groups excluding carboxylic acids is 1. The summed E-state index contributed by atoms with van der Waals surface area (Å²) < 4.78 is 20.5. The molecule has 2 unspecified atom stereocenters. The molecule has 3 atom stereocenters. The van der Waals surface area contributed by atoms with Gasteiger partial charge in [0.05, 0.1) is 18.8 Å². The molecule has 0 radical (unpaired) electrons. The highest BCUT2D eigenvalue weighted by Gasteiger charge is 2.41. The molecule has 0 saturated heterocycles. The summed E-state index contributed by atoms with van der Waals surface area (Å²) in [5.74, 6) is -0.329. The second-order valence-electron chi connectivity index (χ2n) is 21.0. The summed E-state index contributed by atoms with van der Waals surface area (Å²) in [5, 5.41) is 1.38. The molecule has 7 nitrogen and oxygen atoms in total. The largest absolute Gasteiger partial charge is 0.464 e. The minimum Gasteiger partial charge on any atom is -0.464 e. The molecular weight excluding hydrogens is 763 g/mol. The first-order valence-electron chi connectivity index (χ1n) is 24.4. The van der Waals surface area contributed by atoms with Crippen molar-refractivity contribution in [2.75, 3.05) is 26.2 Å². The minimum absolute atomic E-state index is 0.138. The van der Waals surface area contributed by atoms with Gasteiger partial charge in [-0.1, -0.05) is 176 Å². The zero-order chi connectivity index (χ0) is 44.0. The summed E-state index contributed by atoms with van der Waals surface area (Å²) in [4.78, 5) is 19.1. The van der Waals surface area contributed by atoms with E-state index in [0.717, 1.165) is 55.4 Å². The fraction of sp³-hybridized carbons (Fsp3) is 0.820. The molecule has 0 spiro atoms. The van der Waals surface area contributed by atoms with Crippen LogP contribution in [0.4, 0.5) is 0 Å². The molecule has 59 heavy (non-hydrogen) atoms. The van der Waals surface area contributed by atoms with Gasteiger partial charge >= 0.3 is 5.97 Å². The average molecular weight is 858 g/mol. The molecule has 0 aliphatic rings. The summed E-state index contributed by atoms with van der Waals surface area (Å²) in [6, 6.07) is 7.44. The van der Waals surface area contributed by atoms with Crippen molar-refractivity contribution in [1.82, 2.24) is 9.88 Å². The fourth-order valence-electron chi connectivity index (χ4n) is 7.60. The van der Waals surface area contributed by atoms with Crippen molar-refractivity contribution < 1.29 is 18.4 Å². The number of nitrogens with two attached hydrogens (primary N) is 1. The molecule has 1 aromatic carbocycles. The fourth-order valence-corrected chi connectivity index (χ4v) is 10.4. The third-order valence-corrected chi connectivity index (χ3v) is 22.6. The van der Waals surface area contributed by atoms with Gasteiger partial charge in [-0.05, 0) is 67.2 Å². The predicted octanol–water partition coefficient (Wildman–Crippen LogP) is 14.1. The van der Waals surface area contributed by atoms with E-state index in [9.17, 15) is 4.79 Å². The second-order valence-corrected chi connectivity index (χ2v) is 30.5. The van der Waals surface area contributed by atoms with Gasteiger partial charge in [-0.3, -0.25) is 9.69 Å². The standard InChI is InChI=1S/C50H95N3O4Si2/c1-13-15-17-19-21-23-25-27-32-43(56-58(9,10)49(3,4)5)40-53(36-31-37-55-48(54)46(51)38-42-39-52-47-35-30-29-34-45(42)47)41-44(57-59(11,12)50(6,7)8)33-28-26-24-22-20-18-16-14-2/h29-30,34-35,39,43-44,46,52H,13-28,31-33,36-38,40-41,51H2,1-12H3/t43?,44?,46-/m0/s1. The summed E-state index contributed by atoms with van der Waals surface area (Å²) >= 11 is 0. The van der Waals surface area contributed by atoms with Gasteiger partial charge in [0.15, 0.2) is 16.6 Å². The van der Waals surface area contributed by atoms with Gasteiger partial charge in [-0.15, -0.1) is 0 Å². The normalized spacial score (nSPS) is 14.6. The van der Waals surface area contributed by atoms with Crippen LogP contribution in [0.5, 0.6) is 0 Å². The Labute approximate surface area is 366 Å². The van der Waals surface area contributed by atoms with Crippen molar-refractivity contribution in [3.63, 3.8) is 0 Å². The minimum atomic E-state index is -2.02. The van der Waals surface area contributed by atoms with Crippen LogP contribution < -0.4 is 5.73 Å². The number of nitrogens with one attached hydrogen (secondary N) is 1. The molecule has 342 valence electrons. The highest BCUT2D eigenvalue weighted by molar-refractivity contribution is 6.74. The first-order chi connectivity index (χ1) is 27.8. The quantitative estimate of drug-likeness (QED) is 0.0422. The van der Waals surface area contributed by atoms with Crippen LogP contribution in [-0.2, 0) is 24.8 Å². The average Bonchev–Trinajstić information content (AvgIpc) is 3.56. The molecular formula is C50H95N3O4Si2. The van der Waals surface area contributed by atoms with E-state index in [-0.39, 0.29) is 28.3 Å². The molecule has 2 rings (SSSR count). The number of carbonyl (C=O) groups is 1. The van der Waals surface area contributed by atoms with E-state index in [1.807, 2.05) is 24.4 Å². The number of rotatable bonds is 33. The first-order valence-corrected chi connectivity index (χ1v) is 30.2. The molecule has 0 fully saturated rings. The van der Waals surface area contributed by atoms with Crippen LogP contribution in [0.25, 0.3) is 10.9 Å². The third kappa shape index (κ3) is 21.0. The molecule has 0 aliphatic heterocycles.